The van der Waals surface area contributed by atoms with Crippen LogP contribution in [0.25, 0.3) is 27.7 Å². The Kier molecular flexibility index (Phi) is 5.55. The molecule has 0 N–H and O–H groups in total. The lowest BCUT2D eigenvalue weighted by molar-refractivity contribution is 0.745. The second-order valence-corrected chi connectivity index (χ2v) is 8.57. The number of benzene rings is 1. The molecule has 4 rings (SSSR count). The highest BCUT2D eigenvalue weighted by molar-refractivity contribution is 6.09. The van der Waals surface area contributed by atoms with Crippen LogP contribution in [0.5, 0.6) is 0 Å². The fourth-order valence-electron chi connectivity index (χ4n) is 4.98. The van der Waals surface area contributed by atoms with E-state index in [1.807, 2.05) is 0 Å². The standard InChI is InChI=1S/C27H33N3/c1-7-12-29(13-8-2)23-17-21(6)28-26-25(22-11-9-10-14-30(22)27(23)26)24-19(4)15-18(3)16-20(24)5/h9-11,14-17H,7-8,12-13H2,1-6H3. The minimum atomic E-state index is 1.06. The number of aromatic nitrogens is 2. The number of hydrogen-bond donors (Lipinski definition) is 0. The maximum Gasteiger partial charge on any atom is 0.0994 e. The zero-order chi connectivity index (χ0) is 21.4. The average molecular weight is 400 g/mol. The number of nitrogens with zero attached hydrogens (tertiary/aromatic N) is 3. The summed E-state index contributed by atoms with van der Waals surface area (Å²) in [5, 5.41) is 0. The van der Waals surface area contributed by atoms with E-state index in [1.54, 1.807) is 0 Å². The van der Waals surface area contributed by atoms with E-state index in [1.165, 1.54) is 44.5 Å². The van der Waals surface area contributed by atoms with E-state index in [2.05, 4.69) is 93.4 Å². The molecule has 3 heterocycles. The average Bonchev–Trinajstić information content (AvgIpc) is 3.01. The molecule has 156 valence electrons. The van der Waals surface area contributed by atoms with Crippen molar-refractivity contribution in [3.8, 4) is 11.1 Å². The van der Waals surface area contributed by atoms with Gasteiger partial charge in [0.2, 0.25) is 0 Å². The van der Waals surface area contributed by atoms with E-state index < -0.39 is 0 Å². The smallest absolute Gasteiger partial charge is 0.0994 e. The fourth-order valence-corrected chi connectivity index (χ4v) is 4.98. The van der Waals surface area contributed by atoms with Gasteiger partial charge in [0.15, 0.2) is 0 Å². The van der Waals surface area contributed by atoms with Gasteiger partial charge >= 0.3 is 0 Å². The summed E-state index contributed by atoms with van der Waals surface area (Å²) >= 11 is 0. The number of fused-ring (bicyclic) bond motifs is 3. The van der Waals surface area contributed by atoms with Crippen molar-refractivity contribution < 1.29 is 0 Å². The Hall–Kier alpha value is -2.81. The minimum Gasteiger partial charge on any atom is -0.370 e. The van der Waals surface area contributed by atoms with E-state index in [-0.39, 0.29) is 0 Å². The summed E-state index contributed by atoms with van der Waals surface area (Å²) in [7, 11) is 0. The quantitative estimate of drug-likeness (QED) is 0.347. The largest absolute Gasteiger partial charge is 0.370 e. The molecule has 0 saturated carbocycles. The predicted molar refractivity (Wildman–Crippen MR) is 130 cm³/mol. The molecule has 0 saturated heterocycles. The van der Waals surface area contributed by atoms with Gasteiger partial charge in [0.1, 0.15) is 0 Å². The van der Waals surface area contributed by atoms with Crippen LogP contribution in [0.3, 0.4) is 0 Å². The normalized spacial score (nSPS) is 11.5. The number of anilines is 1. The van der Waals surface area contributed by atoms with Crippen LogP contribution in [0.4, 0.5) is 5.69 Å². The summed E-state index contributed by atoms with van der Waals surface area (Å²) in [5.41, 5.74) is 12.5. The molecular weight excluding hydrogens is 366 g/mol. The predicted octanol–water partition coefficient (Wildman–Crippen LogP) is 7.01. The zero-order valence-electron chi connectivity index (χ0n) is 19.2. The first-order valence-corrected chi connectivity index (χ1v) is 11.2. The van der Waals surface area contributed by atoms with Gasteiger partial charge in [-0.1, -0.05) is 37.6 Å². The Morgan fingerprint density at radius 2 is 1.53 bits per heavy atom. The summed E-state index contributed by atoms with van der Waals surface area (Å²) < 4.78 is 2.35. The lowest BCUT2D eigenvalue weighted by Crippen LogP contribution is -2.25. The molecule has 3 heteroatoms. The third-order valence-electron chi connectivity index (χ3n) is 5.95. The van der Waals surface area contributed by atoms with Crippen LogP contribution >= 0.6 is 0 Å². The van der Waals surface area contributed by atoms with E-state index in [4.69, 9.17) is 4.98 Å². The van der Waals surface area contributed by atoms with Gasteiger partial charge in [-0.25, -0.2) is 0 Å². The van der Waals surface area contributed by atoms with Crippen molar-refractivity contribution in [3.63, 3.8) is 0 Å². The molecule has 0 spiro atoms. The van der Waals surface area contributed by atoms with Gasteiger partial charge in [0.05, 0.1) is 22.2 Å². The van der Waals surface area contributed by atoms with Crippen molar-refractivity contribution in [2.75, 3.05) is 18.0 Å². The molecule has 0 atom stereocenters. The maximum atomic E-state index is 5.11. The van der Waals surface area contributed by atoms with Crippen molar-refractivity contribution in [1.82, 2.24) is 9.38 Å². The number of aryl methyl sites for hydroxylation is 4. The Morgan fingerprint density at radius 1 is 0.867 bits per heavy atom. The first kappa shape index (κ1) is 20.5. The monoisotopic (exact) mass is 399 g/mol. The molecule has 0 radical (unpaired) electrons. The van der Waals surface area contributed by atoms with E-state index >= 15 is 0 Å². The molecule has 3 nitrogen and oxygen atoms in total. The summed E-state index contributed by atoms with van der Waals surface area (Å²) in [6.45, 7) is 15.4. The van der Waals surface area contributed by atoms with Crippen LogP contribution in [0.2, 0.25) is 0 Å². The molecule has 0 aliphatic heterocycles. The highest BCUT2D eigenvalue weighted by Gasteiger charge is 2.22. The second kappa shape index (κ2) is 8.14. The summed E-state index contributed by atoms with van der Waals surface area (Å²) in [5.74, 6) is 0. The Labute approximate surface area is 180 Å². The molecular formula is C27H33N3. The zero-order valence-corrected chi connectivity index (χ0v) is 19.2. The van der Waals surface area contributed by atoms with Crippen molar-refractivity contribution in [1.29, 1.82) is 0 Å². The van der Waals surface area contributed by atoms with Crippen LogP contribution < -0.4 is 4.90 Å². The Bertz CT molecular complexity index is 1190. The van der Waals surface area contributed by atoms with Crippen molar-refractivity contribution in [3.05, 3.63) is 65.0 Å². The number of rotatable bonds is 6. The lowest BCUT2D eigenvalue weighted by Gasteiger charge is -2.25. The Balaban J connectivity index is 2.15. The van der Waals surface area contributed by atoms with E-state index in [9.17, 15) is 0 Å². The van der Waals surface area contributed by atoms with Crippen LogP contribution in [0, 0.1) is 27.7 Å². The van der Waals surface area contributed by atoms with Gasteiger partial charge in [0.25, 0.3) is 0 Å². The fraction of sp³-hybridized carbons (Fsp3) is 0.370. The van der Waals surface area contributed by atoms with Crippen molar-refractivity contribution in [2.24, 2.45) is 0 Å². The molecule has 0 aliphatic carbocycles. The highest BCUT2D eigenvalue weighted by atomic mass is 15.1. The van der Waals surface area contributed by atoms with Gasteiger partial charge in [-0.3, -0.25) is 4.98 Å². The van der Waals surface area contributed by atoms with Gasteiger partial charge in [-0.15, -0.1) is 0 Å². The lowest BCUT2D eigenvalue weighted by atomic mass is 9.93. The third-order valence-corrected chi connectivity index (χ3v) is 5.95. The summed E-state index contributed by atoms with van der Waals surface area (Å²) in [6.07, 6.45) is 4.46. The van der Waals surface area contributed by atoms with Crippen molar-refractivity contribution >= 4 is 22.2 Å². The SMILES string of the molecule is CCCN(CCC)c1cc(C)nc2c(-c3c(C)cc(C)cc3C)c3ccccn3c12. The molecule has 30 heavy (non-hydrogen) atoms. The molecule has 0 amide bonds. The molecule has 0 bridgehead atoms. The molecule has 0 aliphatic rings. The van der Waals surface area contributed by atoms with Gasteiger partial charge < -0.3 is 9.30 Å². The molecule has 3 aromatic heterocycles. The minimum absolute atomic E-state index is 1.06. The van der Waals surface area contributed by atoms with Gasteiger partial charge in [-0.2, -0.15) is 0 Å². The topological polar surface area (TPSA) is 20.5 Å². The summed E-state index contributed by atoms with van der Waals surface area (Å²) in [6, 6.07) is 13.3. The molecule has 0 unspecified atom stereocenters. The Morgan fingerprint density at radius 3 is 2.17 bits per heavy atom. The van der Waals surface area contributed by atoms with Crippen LogP contribution in [0.15, 0.2) is 42.6 Å². The maximum absolute atomic E-state index is 5.11. The molecule has 1 aromatic carbocycles. The van der Waals surface area contributed by atoms with Gasteiger partial charge in [0, 0.05) is 30.5 Å². The first-order valence-electron chi connectivity index (χ1n) is 11.2. The number of hydrogen-bond acceptors (Lipinski definition) is 2. The van der Waals surface area contributed by atoms with Crippen LogP contribution in [-0.4, -0.2) is 22.5 Å². The highest BCUT2D eigenvalue weighted by Crippen LogP contribution is 2.41. The van der Waals surface area contributed by atoms with E-state index in [0.717, 1.165) is 37.1 Å². The number of pyridine rings is 2. The van der Waals surface area contributed by atoms with E-state index in [0.29, 0.717) is 0 Å². The van der Waals surface area contributed by atoms with Gasteiger partial charge in [-0.05, 0) is 75.4 Å². The van der Waals surface area contributed by atoms with Crippen LogP contribution in [-0.2, 0) is 0 Å². The first-order chi connectivity index (χ1) is 14.5. The third kappa shape index (κ3) is 3.36. The summed E-state index contributed by atoms with van der Waals surface area (Å²) in [4.78, 5) is 7.65. The van der Waals surface area contributed by atoms with Crippen LogP contribution in [0.1, 0.15) is 49.1 Å². The molecule has 0 fully saturated rings. The second-order valence-electron chi connectivity index (χ2n) is 8.57. The molecule has 4 aromatic rings. The van der Waals surface area contributed by atoms with Crippen molar-refractivity contribution in [2.45, 2.75) is 54.4 Å².